The van der Waals surface area contributed by atoms with E-state index in [2.05, 4.69) is 5.32 Å². The number of alkyl carbamates (subject to hydrolysis) is 1. The Kier molecular flexibility index (Phi) is 10.9. The monoisotopic (exact) mass is 648 g/mol. The molecule has 1 saturated heterocycles. The maximum absolute atomic E-state index is 13.2. The Labute approximate surface area is 262 Å². The van der Waals surface area contributed by atoms with Crippen LogP contribution in [-0.4, -0.2) is 58.4 Å². The number of nitrogens with one attached hydrogen (secondary N) is 2. The first-order valence-corrected chi connectivity index (χ1v) is 14.1. The average Bonchev–Trinajstić information content (AvgIpc) is 3.33. The van der Waals surface area contributed by atoms with Crippen molar-refractivity contribution in [2.75, 3.05) is 0 Å². The Bertz CT molecular complexity index is 1410. The van der Waals surface area contributed by atoms with Crippen LogP contribution < -0.4 is 5.32 Å². The number of carbonyl (C=O) groups excluding carboxylic acids is 3. The molecule has 1 heterocycles. The molecule has 43 heavy (non-hydrogen) atoms. The summed E-state index contributed by atoms with van der Waals surface area (Å²) in [5, 5.41) is 10.7. The van der Waals surface area contributed by atoms with Gasteiger partial charge in [-0.2, -0.15) is 0 Å². The third-order valence-corrected chi connectivity index (χ3v) is 6.77. The molecule has 3 aromatic carbocycles. The fourth-order valence-corrected chi connectivity index (χ4v) is 4.29. The Hall–Kier alpha value is -3.83. The Morgan fingerprint density at radius 2 is 1.30 bits per heavy atom. The van der Waals surface area contributed by atoms with Crippen LogP contribution in [0.5, 0.6) is 0 Å². The van der Waals surface area contributed by atoms with Crippen LogP contribution in [0.25, 0.3) is 0 Å². The van der Waals surface area contributed by atoms with Crippen LogP contribution in [0, 0.1) is 5.41 Å². The molecule has 5 atom stereocenters. The molecule has 1 fully saturated rings. The second-order valence-corrected chi connectivity index (χ2v) is 11.7. The van der Waals surface area contributed by atoms with Gasteiger partial charge in [-0.25, -0.2) is 14.4 Å². The molecule has 0 aromatic heterocycles. The summed E-state index contributed by atoms with van der Waals surface area (Å²) in [6.45, 7) is 1.57. The van der Waals surface area contributed by atoms with Gasteiger partial charge in [0, 0.05) is 0 Å². The number of ether oxygens (including phenoxy) is 5. The SMILES string of the molecule is C[C@H](NC(=O)OCc1ccccc1)[C@H]1OC(OC(=N)C(Cl)(Cl)Cl)[C@H](OC(=O)c2ccccc2)[C@@H]1OC(=O)c1ccccc1. The van der Waals surface area contributed by atoms with E-state index in [-0.39, 0.29) is 17.7 Å². The van der Waals surface area contributed by atoms with Gasteiger partial charge in [0.25, 0.3) is 3.79 Å². The van der Waals surface area contributed by atoms with Gasteiger partial charge in [0.15, 0.2) is 6.10 Å². The number of alkyl halides is 3. The number of benzene rings is 3. The first kappa shape index (κ1) is 32.1. The lowest BCUT2D eigenvalue weighted by Crippen LogP contribution is -2.49. The lowest BCUT2D eigenvalue weighted by Gasteiger charge is -2.27. The first-order valence-electron chi connectivity index (χ1n) is 13.0. The van der Waals surface area contributed by atoms with Crippen LogP contribution in [-0.2, 0) is 30.3 Å². The van der Waals surface area contributed by atoms with E-state index in [9.17, 15) is 14.4 Å². The smallest absolute Gasteiger partial charge is 0.407 e. The molecule has 1 unspecified atom stereocenters. The number of esters is 2. The number of carbonyl (C=O) groups is 3. The van der Waals surface area contributed by atoms with E-state index in [1.54, 1.807) is 55.5 Å². The Balaban J connectivity index is 1.60. The molecule has 1 aliphatic rings. The van der Waals surface area contributed by atoms with Crippen molar-refractivity contribution in [3.63, 3.8) is 0 Å². The van der Waals surface area contributed by atoms with Gasteiger partial charge in [0.1, 0.15) is 12.7 Å². The second kappa shape index (κ2) is 14.6. The van der Waals surface area contributed by atoms with Crippen molar-refractivity contribution in [2.45, 2.75) is 48.0 Å². The van der Waals surface area contributed by atoms with Crippen molar-refractivity contribution in [3.8, 4) is 0 Å². The van der Waals surface area contributed by atoms with Crippen molar-refractivity contribution < 1.29 is 38.1 Å². The van der Waals surface area contributed by atoms with Gasteiger partial charge < -0.3 is 29.0 Å². The lowest BCUT2D eigenvalue weighted by molar-refractivity contribution is -0.125. The van der Waals surface area contributed by atoms with Crippen LogP contribution in [0.4, 0.5) is 4.79 Å². The van der Waals surface area contributed by atoms with Crippen LogP contribution in [0.2, 0.25) is 0 Å². The zero-order valence-electron chi connectivity index (χ0n) is 22.7. The summed E-state index contributed by atoms with van der Waals surface area (Å²) in [6, 6.07) is 24.3. The van der Waals surface area contributed by atoms with Gasteiger partial charge >= 0.3 is 18.0 Å². The van der Waals surface area contributed by atoms with Gasteiger partial charge in [-0.05, 0) is 36.8 Å². The van der Waals surface area contributed by atoms with Crippen molar-refractivity contribution in [1.82, 2.24) is 5.32 Å². The molecule has 0 bridgehead atoms. The Morgan fingerprint density at radius 1 is 0.814 bits per heavy atom. The summed E-state index contributed by atoms with van der Waals surface area (Å²) in [4.78, 5) is 38.9. The molecule has 1 amide bonds. The molecule has 3 aromatic rings. The topological polar surface area (TPSA) is 133 Å². The molecule has 10 nitrogen and oxygen atoms in total. The van der Waals surface area contributed by atoms with E-state index >= 15 is 0 Å². The molecule has 0 spiro atoms. The fourth-order valence-electron chi connectivity index (χ4n) is 4.15. The quantitative estimate of drug-likeness (QED) is 0.0971. The van der Waals surface area contributed by atoms with E-state index in [4.69, 9.17) is 63.9 Å². The Morgan fingerprint density at radius 3 is 1.81 bits per heavy atom. The molecular weight excluding hydrogens is 623 g/mol. The minimum Gasteiger partial charge on any atom is -0.452 e. The van der Waals surface area contributed by atoms with Crippen molar-refractivity contribution >= 4 is 58.7 Å². The minimum atomic E-state index is -2.28. The summed E-state index contributed by atoms with van der Waals surface area (Å²) in [5.74, 6) is -2.40. The maximum Gasteiger partial charge on any atom is 0.407 e. The highest BCUT2D eigenvalue weighted by Gasteiger charge is 2.54. The average molecular weight is 650 g/mol. The summed E-state index contributed by atoms with van der Waals surface area (Å²) in [7, 11) is 0. The molecule has 0 radical (unpaired) electrons. The highest BCUT2D eigenvalue weighted by molar-refractivity contribution is 6.76. The summed E-state index contributed by atoms with van der Waals surface area (Å²) in [6.07, 6.45) is -6.33. The predicted octanol–water partition coefficient (Wildman–Crippen LogP) is 5.84. The van der Waals surface area contributed by atoms with Crippen LogP contribution in [0.1, 0.15) is 33.2 Å². The zero-order valence-corrected chi connectivity index (χ0v) is 24.9. The van der Waals surface area contributed by atoms with E-state index in [0.717, 1.165) is 5.56 Å². The number of hydrogen-bond donors (Lipinski definition) is 2. The largest absolute Gasteiger partial charge is 0.452 e. The van der Waals surface area contributed by atoms with E-state index in [0.29, 0.717) is 0 Å². The predicted molar refractivity (Wildman–Crippen MR) is 158 cm³/mol. The summed E-state index contributed by atoms with van der Waals surface area (Å²) >= 11 is 17.5. The van der Waals surface area contributed by atoms with Crippen LogP contribution in [0.3, 0.4) is 0 Å². The molecular formula is C30H27Cl3N2O8. The fraction of sp³-hybridized carbons (Fsp3) is 0.267. The molecule has 4 rings (SSSR count). The van der Waals surface area contributed by atoms with Crippen LogP contribution >= 0.6 is 34.8 Å². The maximum atomic E-state index is 13.2. The van der Waals surface area contributed by atoms with Crippen LogP contribution in [0.15, 0.2) is 91.0 Å². The van der Waals surface area contributed by atoms with Gasteiger partial charge in [-0.3, -0.25) is 5.41 Å². The van der Waals surface area contributed by atoms with Gasteiger partial charge in [-0.15, -0.1) is 0 Å². The lowest BCUT2D eigenvalue weighted by atomic mass is 10.0. The first-order chi connectivity index (χ1) is 20.5. The second-order valence-electron chi connectivity index (χ2n) is 9.38. The molecule has 2 N–H and O–H groups in total. The molecule has 226 valence electrons. The standard InChI is InChI=1S/C30H27Cl3N2O8/c1-18(35-29(38)39-17-19-11-5-2-6-12-19)22-23(40-25(36)20-13-7-3-8-14-20)24(27(42-22)43-28(34)30(31,32)33)41-26(37)21-15-9-4-10-16-21/h2-16,18,22-24,27,34H,17H2,1H3,(H,35,38)/t18-,22+,23+,24+,27?/m0/s1. The van der Waals surface area contributed by atoms with E-state index < -0.39 is 58.4 Å². The molecule has 0 saturated carbocycles. The van der Waals surface area contributed by atoms with Gasteiger partial charge in [0.2, 0.25) is 18.3 Å². The number of amides is 1. The third-order valence-electron chi connectivity index (χ3n) is 6.25. The number of rotatable bonds is 9. The number of hydrogen-bond acceptors (Lipinski definition) is 9. The van der Waals surface area contributed by atoms with Crippen molar-refractivity contribution in [2.24, 2.45) is 0 Å². The van der Waals surface area contributed by atoms with Gasteiger partial charge in [0.05, 0.1) is 17.2 Å². The third kappa shape index (κ3) is 8.84. The van der Waals surface area contributed by atoms with E-state index in [1.807, 2.05) is 18.2 Å². The summed E-state index contributed by atoms with van der Waals surface area (Å²) in [5.41, 5.74) is 1.16. The highest BCUT2D eigenvalue weighted by Crippen LogP contribution is 2.35. The molecule has 0 aliphatic carbocycles. The normalized spacial score (nSPS) is 20.4. The number of halogens is 3. The molecule has 13 heteroatoms. The van der Waals surface area contributed by atoms with Crippen molar-refractivity contribution in [3.05, 3.63) is 108 Å². The highest BCUT2D eigenvalue weighted by atomic mass is 35.6. The zero-order chi connectivity index (χ0) is 31.0. The minimum absolute atomic E-state index is 0.000794. The van der Waals surface area contributed by atoms with Gasteiger partial charge in [-0.1, -0.05) is 102 Å². The van der Waals surface area contributed by atoms with E-state index in [1.165, 1.54) is 24.3 Å². The van der Waals surface area contributed by atoms with Crippen molar-refractivity contribution in [1.29, 1.82) is 5.41 Å². The summed E-state index contributed by atoms with van der Waals surface area (Å²) < 4.78 is 26.0. The molecule has 1 aliphatic heterocycles.